The van der Waals surface area contributed by atoms with Crippen molar-refractivity contribution in [3.63, 3.8) is 0 Å². The number of nitrogens with zero attached hydrogens (tertiary/aromatic N) is 2. The Labute approximate surface area is 137 Å². The standard InChI is InChI=1S/C19H25N3O/c23-19(15-5-1-2-6-15)22-11-9-21(10-12-22)14-16-13-20-18-8-4-3-7-17(16)18/h3-4,7-8,13,15,20H,1-2,5-6,9-12,14H2. The highest BCUT2D eigenvalue weighted by molar-refractivity contribution is 5.83. The molecule has 1 aromatic heterocycles. The molecule has 1 saturated heterocycles. The first kappa shape index (κ1) is 14.8. The van der Waals surface area contributed by atoms with Gasteiger partial charge in [0, 0.05) is 55.7 Å². The number of carbonyl (C=O) groups excluding carboxylic acids is 1. The van der Waals surface area contributed by atoms with E-state index < -0.39 is 0 Å². The number of aromatic nitrogens is 1. The first-order valence-electron chi connectivity index (χ1n) is 8.87. The monoisotopic (exact) mass is 311 g/mol. The van der Waals surface area contributed by atoms with E-state index in [1.807, 2.05) is 0 Å². The molecule has 0 unspecified atom stereocenters. The number of para-hydroxylation sites is 1. The third-order valence-electron chi connectivity index (χ3n) is 5.46. The third-order valence-corrected chi connectivity index (χ3v) is 5.46. The molecule has 2 aliphatic rings. The summed E-state index contributed by atoms with van der Waals surface area (Å²) in [6.45, 7) is 4.71. The maximum Gasteiger partial charge on any atom is 0.225 e. The second-order valence-corrected chi connectivity index (χ2v) is 6.94. The predicted molar refractivity (Wildman–Crippen MR) is 92.1 cm³/mol. The van der Waals surface area contributed by atoms with E-state index in [9.17, 15) is 4.79 Å². The normalized spacial score (nSPS) is 20.4. The van der Waals surface area contributed by atoms with Gasteiger partial charge in [-0.05, 0) is 24.5 Å². The molecule has 23 heavy (non-hydrogen) atoms. The summed E-state index contributed by atoms with van der Waals surface area (Å²) in [4.78, 5) is 20.4. The minimum Gasteiger partial charge on any atom is -0.361 e. The summed E-state index contributed by atoms with van der Waals surface area (Å²) >= 11 is 0. The van der Waals surface area contributed by atoms with Crippen molar-refractivity contribution in [2.75, 3.05) is 26.2 Å². The molecule has 0 radical (unpaired) electrons. The number of amides is 1. The van der Waals surface area contributed by atoms with Crippen molar-refractivity contribution >= 4 is 16.8 Å². The van der Waals surface area contributed by atoms with Crippen LogP contribution in [0.5, 0.6) is 0 Å². The predicted octanol–water partition coefficient (Wildman–Crippen LogP) is 3.00. The highest BCUT2D eigenvalue weighted by Crippen LogP contribution is 2.27. The molecule has 0 spiro atoms. The molecule has 4 rings (SSSR count). The number of carbonyl (C=O) groups is 1. The van der Waals surface area contributed by atoms with E-state index in [2.05, 4.69) is 45.2 Å². The number of benzene rings is 1. The van der Waals surface area contributed by atoms with Crippen LogP contribution in [-0.4, -0.2) is 46.9 Å². The number of fused-ring (bicyclic) bond motifs is 1. The fourth-order valence-corrected chi connectivity index (χ4v) is 4.06. The van der Waals surface area contributed by atoms with Crippen LogP contribution in [0.4, 0.5) is 0 Å². The van der Waals surface area contributed by atoms with E-state index in [1.54, 1.807) is 0 Å². The van der Waals surface area contributed by atoms with Gasteiger partial charge in [-0.3, -0.25) is 9.69 Å². The fraction of sp³-hybridized carbons (Fsp3) is 0.526. The zero-order valence-electron chi connectivity index (χ0n) is 13.6. The van der Waals surface area contributed by atoms with Gasteiger partial charge in [-0.2, -0.15) is 0 Å². The first-order valence-corrected chi connectivity index (χ1v) is 8.87. The molecular weight excluding hydrogens is 286 g/mol. The molecule has 1 N–H and O–H groups in total. The summed E-state index contributed by atoms with van der Waals surface area (Å²) in [5.41, 5.74) is 2.56. The van der Waals surface area contributed by atoms with Crippen molar-refractivity contribution < 1.29 is 4.79 Å². The van der Waals surface area contributed by atoms with Crippen LogP contribution in [0.3, 0.4) is 0 Å². The Bertz CT molecular complexity index is 679. The molecule has 1 saturated carbocycles. The lowest BCUT2D eigenvalue weighted by Crippen LogP contribution is -2.49. The van der Waals surface area contributed by atoms with E-state index in [0.717, 1.165) is 45.6 Å². The lowest BCUT2D eigenvalue weighted by Gasteiger charge is -2.36. The van der Waals surface area contributed by atoms with Crippen molar-refractivity contribution in [1.82, 2.24) is 14.8 Å². The first-order chi connectivity index (χ1) is 11.3. The number of hydrogen-bond acceptors (Lipinski definition) is 2. The zero-order valence-corrected chi connectivity index (χ0v) is 13.6. The van der Waals surface area contributed by atoms with Gasteiger partial charge in [0.05, 0.1) is 0 Å². The highest BCUT2D eigenvalue weighted by atomic mass is 16.2. The van der Waals surface area contributed by atoms with Crippen molar-refractivity contribution in [1.29, 1.82) is 0 Å². The van der Waals surface area contributed by atoms with Crippen molar-refractivity contribution in [3.05, 3.63) is 36.0 Å². The van der Waals surface area contributed by atoms with E-state index in [1.165, 1.54) is 29.3 Å². The van der Waals surface area contributed by atoms with Gasteiger partial charge >= 0.3 is 0 Å². The van der Waals surface area contributed by atoms with E-state index in [0.29, 0.717) is 11.8 Å². The van der Waals surface area contributed by atoms with Gasteiger partial charge in [-0.15, -0.1) is 0 Å². The van der Waals surface area contributed by atoms with Gasteiger partial charge in [0.25, 0.3) is 0 Å². The summed E-state index contributed by atoms with van der Waals surface area (Å²) in [6, 6.07) is 8.46. The number of H-pyrrole nitrogens is 1. The number of rotatable bonds is 3. The van der Waals surface area contributed by atoms with Gasteiger partial charge in [-0.25, -0.2) is 0 Å². The molecule has 1 aliphatic carbocycles. The molecule has 4 nitrogen and oxygen atoms in total. The summed E-state index contributed by atoms with van der Waals surface area (Å²) in [6.07, 6.45) is 6.80. The maximum atomic E-state index is 12.5. The summed E-state index contributed by atoms with van der Waals surface area (Å²) < 4.78 is 0. The SMILES string of the molecule is O=C(C1CCCC1)N1CCN(Cc2c[nH]c3ccccc23)CC1. The van der Waals surface area contributed by atoms with Crippen LogP contribution < -0.4 is 0 Å². The largest absolute Gasteiger partial charge is 0.361 e. The minimum atomic E-state index is 0.315. The second-order valence-electron chi connectivity index (χ2n) is 6.94. The minimum absolute atomic E-state index is 0.315. The molecule has 1 aromatic carbocycles. The van der Waals surface area contributed by atoms with Crippen molar-refractivity contribution in [2.45, 2.75) is 32.2 Å². The number of hydrogen-bond donors (Lipinski definition) is 1. The van der Waals surface area contributed by atoms with Gasteiger partial charge < -0.3 is 9.88 Å². The van der Waals surface area contributed by atoms with Crippen LogP contribution >= 0.6 is 0 Å². The molecule has 0 bridgehead atoms. The number of aromatic amines is 1. The van der Waals surface area contributed by atoms with E-state index >= 15 is 0 Å². The lowest BCUT2D eigenvalue weighted by atomic mass is 10.1. The van der Waals surface area contributed by atoms with Crippen LogP contribution in [0.25, 0.3) is 10.9 Å². The second kappa shape index (κ2) is 6.36. The lowest BCUT2D eigenvalue weighted by molar-refractivity contribution is -0.137. The molecule has 2 aromatic rings. The number of nitrogens with one attached hydrogen (secondary N) is 1. The summed E-state index contributed by atoms with van der Waals surface area (Å²) in [7, 11) is 0. The highest BCUT2D eigenvalue weighted by Gasteiger charge is 2.29. The Morgan fingerprint density at radius 3 is 2.61 bits per heavy atom. The molecule has 0 atom stereocenters. The van der Waals surface area contributed by atoms with E-state index in [4.69, 9.17) is 0 Å². The third kappa shape index (κ3) is 3.00. The topological polar surface area (TPSA) is 39.3 Å². The average molecular weight is 311 g/mol. The van der Waals surface area contributed by atoms with Gasteiger partial charge in [0.1, 0.15) is 0 Å². The van der Waals surface area contributed by atoms with Gasteiger partial charge in [0.2, 0.25) is 5.91 Å². The summed E-state index contributed by atoms with van der Waals surface area (Å²) in [5, 5.41) is 1.32. The molecular formula is C19H25N3O. The summed E-state index contributed by atoms with van der Waals surface area (Å²) in [5.74, 6) is 0.726. The van der Waals surface area contributed by atoms with E-state index in [-0.39, 0.29) is 0 Å². The molecule has 2 heterocycles. The smallest absolute Gasteiger partial charge is 0.225 e. The van der Waals surface area contributed by atoms with Crippen LogP contribution in [-0.2, 0) is 11.3 Å². The van der Waals surface area contributed by atoms with Crippen molar-refractivity contribution in [3.8, 4) is 0 Å². The van der Waals surface area contributed by atoms with Crippen LogP contribution in [0.15, 0.2) is 30.5 Å². The Hall–Kier alpha value is -1.81. The molecule has 2 fully saturated rings. The van der Waals surface area contributed by atoms with Crippen LogP contribution in [0.1, 0.15) is 31.2 Å². The maximum absolute atomic E-state index is 12.5. The Balaban J connectivity index is 1.35. The Kier molecular flexibility index (Phi) is 4.08. The Morgan fingerprint density at radius 1 is 1.09 bits per heavy atom. The molecule has 1 amide bonds. The molecule has 4 heteroatoms. The van der Waals surface area contributed by atoms with Crippen molar-refractivity contribution in [2.24, 2.45) is 5.92 Å². The Morgan fingerprint density at radius 2 is 1.83 bits per heavy atom. The molecule has 122 valence electrons. The average Bonchev–Trinajstić information content (AvgIpc) is 3.25. The van der Waals surface area contributed by atoms with Gasteiger partial charge in [-0.1, -0.05) is 31.0 Å². The molecule has 1 aliphatic heterocycles. The number of piperazine rings is 1. The quantitative estimate of drug-likeness (QED) is 0.946. The van der Waals surface area contributed by atoms with Crippen LogP contribution in [0.2, 0.25) is 0 Å². The van der Waals surface area contributed by atoms with Crippen LogP contribution in [0, 0.1) is 5.92 Å². The van der Waals surface area contributed by atoms with Gasteiger partial charge in [0.15, 0.2) is 0 Å². The fourth-order valence-electron chi connectivity index (χ4n) is 4.06. The zero-order chi connectivity index (χ0) is 15.6.